The number of aryl methyl sites for hydroxylation is 1. The van der Waals surface area contributed by atoms with Crippen LogP contribution < -0.4 is 0 Å². The smallest absolute Gasteiger partial charge is 0.108 e. The van der Waals surface area contributed by atoms with Crippen LogP contribution in [0.5, 0.6) is 0 Å². The molecule has 2 rings (SSSR count). The van der Waals surface area contributed by atoms with Crippen molar-refractivity contribution < 1.29 is 9.84 Å². The molecule has 3 heteroatoms. The van der Waals surface area contributed by atoms with E-state index in [-0.39, 0.29) is 0 Å². The van der Waals surface area contributed by atoms with E-state index in [1.807, 2.05) is 32.0 Å². The Bertz CT molecular complexity index is 437. The zero-order chi connectivity index (χ0) is 14.6. The number of rotatable bonds is 4. The minimum atomic E-state index is -0.598. The first-order valence-corrected chi connectivity index (χ1v) is 8.05. The lowest BCUT2D eigenvalue weighted by Gasteiger charge is -2.37. The molecule has 1 unspecified atom stereocenters. The molecule has 0 amide bonds. The second kappa shape index (κ2) is 6.93. The van der Waals surface area contributed by atoms with Gasteiger partial charge in [0.25, 0.3) is 0 Å². The van der Waals surface area contributed by atoms with E-state index >= 15 is 0 Å². The Balaban J connectivity index is 2.29. The van der Waals surface area contributed by atoms with Gasteiger partial charge in [-0.15, -0.1) is 0 Å². The van der Waals surface area contributed by atoms with Gasteiger partial charge in [0.1, 0.15) is 6.10 Å². The predicted octanol–water partition coefficient (Wildman–Crippen LogP) is 4.81. The Morgan fingerprint density at radius 2 is 1.90 bits per heavy atom. The molecule has 0 bridgehead atoms. The molecule has 1 saturated carbocycles. The molecule has 2 nitrogen and oxygen atoms in total. The SMILES string of the molecule is CCOC1(C(O)c2ccc(C)c(Cl)c2)CCCCCC1. The summed E-state index contributed by atoms with van der Waals surface area (Å²) in [4.78, 5) is 0. The summed E-state index contributed by atoms with van der Waals surface area (Å²) in [7, 11) is 0. The Kier molecular flexibility index (Phi) is 5.48. The summed E-state index contributed by atoms with van der Waals surface area (Å²) in [5.74, 6) is 0. The summed E-state index contributed by atoms with van der Waals surface area (Å²) >= 11 is 6.20. The molecule has 1 fully saturated rings. The van der Waals surface area contributed by atoms with Gasteiger partial charge in [0, 0.05) is 11.6 Å². The van der Waals surface area contributed by atoms with Crippen LogP contribution in [0.4, 0.5) is 0 Å². The van der Waals surface area contributed by atoms with Gasteiger partial charge in [-0.25, -0.2) is 0 Å². The molecule has 1 N–H and O–H groups in total. The Labute approximate surface area is 127 Å². The molecule has 20 heavy (non-hydrogen) atoms. The van der Waals surface area contributed by atoms with E-state index in [4.69, 9.17) is 16.3 Å². The van der Waals surface area contributed by atoms with Gasteiger partial charge in [-0.1, -0.05) is 49.4 Å². The molecule has 0 saturated heterocycles. The van der Waals surface area contributed by atoms with Crippen molar-refractivity contribution in [3.63, 3.8) is 0 Å². The lowest BCUT2D eigenvalue weighted by molar-refractivity contribution is -0.131. The minimum Gasteiger partial charge on any atom is -0.385 e. The van der Waals surface area contributed by atoms with Crippen LogP contribution in [0.3, 0.4) is 0 Å². The summed E-state index contributed by atoms with van der Waals surface area (Å²) in [6, 6.07) is 5.82. The topological polar surface area (TPSA) is 29.5 Å². The maximum atomic E-state index is 10.9. The third-order valence-electron chi connectivity index (χ3n) is 4.39. The van der Waals surface area contributed by atoms with Gasteiger partial charge in [-0.2, -0.15) is 0 Å². The van der Waals surface area contributed by atoms with Gasteiger partial charge in [-0.3, -0.25) is 0 Å². The van der Waals surface area contributed by atoms with Crippen molar-refractivity contribution in [1.29, 1.82) is 0 Å². The number of benzene rings is 1. The molecule has 1 aromatic carbocycles. The molecular weight excluding hydrogens is 272 g/mol. The van der Waals surface area contributed by atoms with Crippen LogP contribution in [-0.2, 0) is 4.74 Å². The van der Waals surface area contributed by atoms with Gasteiger partial charge in [0.15, 0.2) is 0 Å². The van der Waals surface area contributed by atoms with Crippen molar-refractivity contribution in [2.75, 3.05) is 6.61 Å². The van der Waals surface area contributed by atoms with Crippen molar-refractivity contribution in [2.45, 2.75) is 64.1 Å². The largest absolute Gasteiger partial charge is 0.385 e. The third-order valence-corrected chi connectivity index (χ3v) is 4.80. The second-order valence-corrected chi connectivity index (χ2v) is 6.23. The van der Waals surface area contributed by atoms with Crippen LogP contribution in [0.25, 0.3) is 0 Å². The van der Waals surface area contributed by atoms with Crippen molar-refractivity contribution in [3.8, 4) is 0 Å². The lowest BCUT2D eigenvalue weighted by Crippen LogP contribution is -2.39. The van der Waals surface area contributed by atoms with Crippen molar-refractivity contribution in [2.24, 2.45) is 0 Å². The molecule has 1 aliphatic carbocycles. The van der Waals surface area contributed by atoms with Crippen LogP contribution in [-0.4, -0.2) is 17.3 Å². The van der Waals surface area contributed by atoms with Crippen molar-refractivity contribution in [3.05, 3.63) is 34.3 Å². The number of hydrogen-bond donors (Lipinski definition) is 1. The van der Waals surface area contributed by atoms with Gasteiger partial charge in [-0.05, 0) is 43.9 Å². The monoisotopic (exact) mass is 296 g/mol. The van der Waals surface area contributed by atoms with Crippen LogP contribution in [0.1, 0.15) is 62.7 Å². The standard InChI is InChI=1S/C17H25ClO2/c1-3-20-17(10-6-4-5-7-11-17)16(19)14-9-8-13(2)15(18)12-14/h8-9,12,16,19H,3-7,10-11H2,1-2H3. The molecule has 1 aromatic rings. The Morgan fingerprint density at radius 1 is 1.25 bits per heavy atom. The van der Waals surface area contributed by atoms with E-state index in [0.29, 0.717) is 11.6 Å². The van der Waals surface area contributed by atoms with Gasteiger partial charge in [0.05, 0.1) is 5.60 Å². The Morgan fingerprint density at radius 3 is 2.45 bits per heavy atom. The molecule has 0 aliphatic heterocycles. The zero-order valence-corrected chi connectivity index (χ0v) is 13.2. The maximum absolute atomic E-state index is 10.9. The van der Waals surface area contributed by atoms with E-state index in [9.17, 15) is 5.11 Å². The van der Waals surface area contributed by atoms with Gasteiger partial charge >= 0.3 is 0 Å². The highest BCUT2D eigenvalue weighted by atomic mass is 35.5. The summed E-state index contributed by atoms with van der Waals surface area (Å²) in [6.07, 6.45) is 5.96. The highest BCUT2D eigenvalue weighted by molar-refractivity contribution is 6.31. The first-order chi connectivity index (χ1) is 9.59. The first-order valence-electron chi connectivity index (χ1n) is 7.67. The summed E-state index contributed by atoms with van der Waals surface area (Å²) in [6.45, 7) is 4.61. The third kappa shape index (κ3) is 3.36. The van der Waals surface area contributed by atoms with E-state index < -0.39 is 11.7 Å². The van der Waals surface area contributed by atoms with Gasteiger partial charge < -0.3 is 9.84 Å². The van der Waals surface area contributed by atoms with E-state index in [1.54, 1.807) is 0 Å². The number of halogens is 1. The molecule has 1 atom stereocenters. The predicted molar refractivity (Wildman–Crippen MR) is 83.2 cm³/mol. The highest BCUT2D eigenvalue weighted by Gasteiger charge is 2.39. The fourth-order valence-corrected chi connectivity index (χ4v) is 3.38. The van der Waals surface area contributed by atoms with E-state index in [1.165, 1.54) is 12.8 Å². The van der Waals surface area contributed by atoms with Crippen molar-refractivity contribution in [1.82, 2.24) is 0 Å². The first kappa shape index (κ1) is 15.8. The van der Waals surface area contributed by atoms with Gasteiger partial charge in [0.2, 0.25) is 0 Å². The van der Waals surface area contributed by atoms with E-state index in [0.717, 1.165) is 36.8 Å². The van der Waals surface area contributed by atoms with Crippen LogP contribution in [0, 0.1) is 6.92 Å². The molecule has 0 spiro atoms. The number of aliphatic hydroxyl groups excluding tert-OH is 1. The fourth-order valence-electron chi connectivity index (χ4n) is 3.19. The highest BCUT2D eigenvalue weighted by Crippen LogP contribution is 2.41. The van der Waals surface area contributed by atoms with Crippen LogP contribution >= 0.6 is 11.6 Å². The maximum Gasteiger partial charge on any atom is 0.108 e. The summed E-state index contributed by atoms with van der Waals surface area (Å²) in [5, 5.41) is 11.6. The van der Waals surface area contributed by atoms with E-state index in [2.05, 4.69) is 0 Å². The number of hydrogen-bond acceptors (Lipinski definition) is 2. The fraction of sp³-hybridized carbons (Fsp3) is 0.647. The number of aliphatic hydroxyl groups is 1. The summed E-state index contributed by atoms with van der Waals surface area (Å²) in [5.41, 5.74) is 1.47. The van der Waals surface area contributed by atoms with Crippen LogP contribution in [0.2, 0.25) is 5.02 Å². The molecular formula is C17H25ClO2. The lowest BCUT2D eigenvalue weighted by atomic mass is 9.84. The Hall–Kier alpha value is -0.570. The zero-order valence-electron chi connectivity index (χ0n) is 12.5. The van der Waals surface area contributed by atoms with Crippen LogP contribution in [0.15, 0.2) is 18.2 Å². The second-order valence-electron chi connectivity index (χ2n) is 5.82. The number of ether oxygens (including phenoxy) is 1. The normalized spacial score (nSPS) is 20.4. The molecule has 1 aliphatic rings. The average molecular weight is 297 g/mol. The molecule has 0 heterocycles. The van der Waals surface area contributed by atoms with Crippen molar-refractivity contribution >= 4 is 11.6 Å². The molecule has 0 radical (unpaired) electrons. The summed E-state index contributed by atoms with van der Waals surface area (Å²) < 4.78 is 6.04. The average Bonchev–Trinajstić information content (AvgIpc) is 2.68. The molecule has 112 valence electrons. The molecule has 0 aromatic heterocycles. The minimum absolute atomic E-state index is 0.441. The quantitative estimate of drug-likeness (QED) is 0.808.